The fourth-order valence-corrected chi connectivity index (χ4v) is 1.94. The van der Waals surface area contributed by atoms with Crippen molar-refractivity contribution in [3.8, 4) is 0 Å². The van der Waals surface area contributed by atoms with Crippen molar-refractivity contribution in [2.45, 2.75) is 46.1 Å². The number of rotatable bonds is 8. The molecule has 0 aliphatic heterocycles. The van der Waals surface area contributed by atoms with Gasteiger partial charge in [-0.25, -0.2) is 0 Å². The lowest BCUT2D eigenvalue weighted by molar-refractivity contribution is -0.138. The van der Waals surface area contributed by atoms with Crippen LogP contribution in [0.3, 0.4) is 0 Å². The number of hydrogen-bond donors (Lipinski definition) is 3. The van der Waals surface area contributed by atoms with Crippen LogP contribution in [0.2, 0.25) is 0 Å². The maximum atomic E-state index is 11.3. The SMILES string of the molecule is CCCC(C)C(C)[C@@H](CC(=O)O)NC(=O)CN. The molecule has 0 saturated heterocycles. The van der Waals surface area contributed by atoms with Crippen molar-refractivity contribution in [1.82, 2.24) is 5.32 Å². The summed E-state index contributed by atoms with van der Waals surface area (Å²) in [6.07, 6.45) is 2.02. The van der Waals surface area contributed by atoms with Gasteiger partial charge in [-0.1, -0.05) is 33.6 Å². The molecule has 1 amide bonds. The van der Waals surface area contributed by atoms with E-state index in [1.807, 2.05) is 6.92 Å². The Morgan fingerprint density at radius 1 is 1.35 bits per heavy atom. The topological polar surface area (TPSA) is 92.4 Å². The van der Waals surface area contributed by atoms with Crippen molar-refractivity contribution in [1.29, 1.82) is 0 Å². The second-order valence-electron chi connectivity index (χ2n) is 4.60. The van der Waals surface area contributed by atoms with Gasteiger partial charge in [0.2, 0.25) is 5.91 Å². The molecule has 100 valence electrons. The third-order valence-electron chi connectivity index (χ3n) is 3.20. The zero-order chi connectivity index (χ0) is 13.4. The molecule has 0 radical (unpaired) electrons. The van der Waals surface area contributed by atoms with Gasteiger partial charge in [0.25, 0.3) is 0 Å². The normalized spacial score (nSPS) is 16.0. The zero-order valence-corrected chi connectivity index (χ0v) is 10.9. The second kappa shape index (κ2) is 8.06. The first kappa shape index (κ1) is 15.9. The van der Waals surface area contributed by atoms with Crippen LogP contribution in [0.5, 0.6) is 0 Å². The third-order valence-corrected chi connectivity index (χ3v) is 3.20. The Labute approximate surface area is 103 Å². The van der Waals surface area contributed by atoms with Crippen molar-refractivity contribution in [3.05, 3.63) is 0 Å². The summed E-state index contributed by atoms with van der Waals surface area (Å²) in [6.45, 7) is 6.04. The Morgan fingerprint density at radius 2 is 1.94 bits per heavy atom. The van der Waals surface area contributed by atoms with Gasteiger partial charge < -0.3 is 16.2 Å². The minimum absolute atomic E-state index is 0.0546. The number of carbonyl (C=O) groups is 2. The number of amides is 1. The molecular weight excluding hydrogens is 220 g/mol. The van der Waals surface area contributed by atoms with Crippen LogP contribution >= 0.6 is 0 Å². The van der Waals surface area contributed by atoms with Gasteiger partial charge in [-0.05, 0) is 11.8 Å². The molecular formula is C12H24N2O3. The summed E-state index contributed by atoms with van der Waals surface area (Å²) in [4.78, 5) is 22.0. The summed E-state index contributed by atoms with van der Waals surface area (Å²) < 4.78 is 0. The van der Waals surface area contributed by atoms with Crippen LogP contribution in [0.25, 0.3) is 0 Å². The Hall–Kier alpha value is -1.10. The number of hydrogen-bond acceptors (Lipinski definition) is 3. The quantitative estimate of drug-likeness (QED) is 0.593. The van der Waals surface area contributed by atoms with Gasteiger partial charge in [0, 0.05) is 6.04 Å². The van der Waals surface area contributed by atoms with Crippen LogP contribution in [-0.4, -0.2) is 29.6 Å². The van der Waals surface area contributed by atoms with Crippen LogP contribution in [0.15, 0.2) is 0 Å². The van der Waals surface area contributed by atoms with E-state index >= 15 is 0 Å². The van der Waals surface area contributed by atoms with E-state index in [0.29, 0.717) is 5.92 Å². The highest BCUT2D eigenvalue weighted by molar-refractivity contribution is 5.79. The lowest BCUT2D eigenvalue weighted by Gasteiger charge is -2.28. The molecule has 17 heavy (non-hydrogen) atoms. The molecule has 0 fully saturated rings. The van der Waals surface area contributed by atoms with Gasteiger partial charge >= 0.3 is 5.97 Å². The monoisotopic (exact) mass is 244 g/mol. The molecule has 0 rings (SSSR count). The molecule has 2 unspecified atom stereocenters. The fourth-order valence-electron chi connectivity index (χ4n) is 1.94. The molecule has 0 aromatic heterocycles. The van der Waals surface area contributed by atoms with Crippen LogP contribution in [0.4, 0.5) is 0 Å². The maximum Gasteiger partial charge on any atom is 0.305 e. The first-order valence-electron chi connectivity index (χ1n) is 6.13. The Bertz CT molecular complexity index is 256. The molecule has 0 aliphatic rings. The van der Waals surface area contributed by atoms with Crippen molar-refractivity contribution < 1.29 is 14.7 Å². The van der Waals surface area contributed by atoms with E-state index in [4.69, 9.17) is 10.8 Å². The van der Waals surface area contributed by atoms with Crippen molar-refractivity contribution in [2.75, 3.05) is 6.54 Å². The summed E-state index contributed by atoms with van der Waals surface area (Å²) in [6, 6.07) is -0.343. The fraction of sp³-hybridized carbons (Fsp3) is 0.833. The molecule has 0 heterocycles. The molecule has 0 aromatic carbocycles. The average Bonchev–Trinajstić information content (AvgIpc) is 2.26. The van der Waals surface area contributed by atoms with Gasteiger partial charge in [-0.3, -0.25) is 9.59 Å². The Balaban J connectivity index is 4.53. The number of carboxylic acid groups (broad SMARTS) is 1. The van der Waals surface area contributed by atoms with E-state index in [1.54, 1.807) is 0 Å². The van der Waals surface area contributed by atoms with Crippen LogP contribution in [0.1, 0.15) is 40.0 Å². The highest BCUT2D eigenvalue weighted by Gasteiger charge is 2.25. The molecule has 3 atom stereocenters. The van der Waals surface area contributed by atoms with Crippen molar-refractivity contribution in [2.24, 2.45) is 17.6 Å². The molecule has 5 nitrogen and oxygen atoms in total. The lowest BCUT2D eigenvalue weighted by atomic mass is 9.84. The molecule has 0 aromatic rings. The highest BCUT2D eigenvalue weighted by atomic mass is 16.4. The lowest BCUT2D eigenvalue weighted by Crippen LogP contribution is -2.45. The summed E-state index contributed by atoms with van der Waals surface area (Å²) in [5.41, 5.74) is 5.23. The summed E-state index contributed by atoms with van der Waals surface area (Å²) in [5, 5.41) is 11.5. The molecule has 0 aliphatic carbocycles. The van der Waals surface area contributed by atoms with Crippen molar-refractivity contribution in [3.63, 3.8) is 0 Å². The number of nitrogens with one attached hydrogen (secondary N) is 1. The second-order valence-corrected chi connectivity index (χ2v) is 4.60. The molecule has 0 spiro atoms. The van der Waals surface area contributed by atoms with E-state index in [9.17, 15) is 9.59 Å². The maximum absolute atomic E-state index is 11.3. The minimum Gasteiger partial charge on any atom is -0.481 e. The molecule has 0 bridgehead atoms. The average molecular weight is 244 g/mol. The van der Waals surface area contributed by atoms with E-state index in [2.05, 4.69) is 19.2 Å². The van der Waals surface area contributed by atoms with E-state index in [1.165, 1.54) is 0 Å². The Kier molecular flexibility index (Phi) is 7.54. The van der Waals surface area contributed by atoms with E-state index < -0.39 is 5.97 Å². The minimum atomic E-state index is -0.900. The molecule has 0 saturated carbocycles. The number of carboxylic acids is 1. The highest BCUT2D eigenvalue weighted by Crippen LogP contribution is 2.22. The number of nitrogens with two attached hydrogens (primary N) is 1. The van der Waals surface area contributed by atoms with Gasteiger partial charge in [-0.15, -0.1) is 0 Å². The van der Waals surface area contributed by atoms with Crippen LogP contribution in [0, 0.1) is 11.8 Å². The van der Waals surface area contributed by atoms with Gasteiger partial charge in [0.15, 0.2) is 0 Å². The molecule has 4 N–H and O–H groups in total. The van der Waals surface area contributed by atoms with Gasteiger partial charge in [-0.2, -0.15) is 0 Å². The van der Waals surface area contributed by atoms with Crippen LogP contribution < -0.4 is 11.1 Å². The summed E-state index contributed by atoms with van der Waals surface area (Å²) in [7, 11) is 0. The number of carbonyl (C=O) groups excluding carboxylic acids is 1. The smallest absolute Gasteiger partial charge is 0.305 e. The van der Waals surface area contributed by atoms with Gasteiger partial charge in [0.1, 0.15) is 0 Å². The van der Waals surface area contributed by atoms with Crippen molar-refractivity contribution >= 4 is 11.9 Å². The van der Waals surface area contributed by atoms with E-state index in [0.717, 1.165) is 12.8 Å². The largest absolute Gasteiger partial charge is 0.481 e. The summed E-state index contributed by atoms with van der Waals surface area (Å²) in [5.74, 6) is -0.696. The van der Waals surface area contributed by atoms with Crippen LogP contribution in [-0.2, 0) is 9.59 Å². The predicted octanol–water partition coefficient (Wildman–Crippen LogP) is 0.977. The first-order valence-corrected chi connectivity index (χ1v) is 6.13. The molecule has 5 heteroatoms. The van der Waals surface area contributed by atoms with Gasteiger partial charge in [0.05, 0.1) is 13.0 Å². The summed E-state index contributed by atoms with van der Waals surface area (Å²) >= 11 is 0. The standard InChI is InChI=1S/C12H24N2O3/c1-4-5-8(2)9(3)10(6-12(16)17)14-11(15)7-13/h8-10H,4-7,13H2,1-3H3,(H,14,15)(H,16,17)/t8?,9?,10-/m1/s1. The number of aliphatic carboxylic acids is 1. The predicted molar refractivity (Wildman–Crippen MR) is 66.5 cm³/mol. The third kappa shape index (κ3) is 6.26. The zero-order valence-electron chi connectivity index (χ0n) is 10.9. The first-order chi connectivity index (χ1) is 7.92. The Morgan fingerprint density at radius 3 is 2.35 bits per heavy atom. The van der Waals surface area contributed by atoms with E-state index in [-0.39, 0.29) is 30.8 Å².